The number of aliphatic imine (C=N–C) groups is 1. The van der Waals surface area contributed by atoms with E-state index in [4.69, 9.17) is 5.73 Å². The fraction of sp³-hybridized carbons (Fsp3) is 0.250. The van der Waals surface area contributed by atoms with E-state index in [1.807, 2.05) is 0 Å². The molecule has 0 aromatic carbocycles. The van der Waals surface area contributed by atoms with Gasteiger partial charge in [0.2, 0.25) is 0 Å². The molecule has 0 bridgehead atoms. The summed E-state index contributed by atoms with van der Waals surface area (Å²) < 4.78 is 0. The molecule has 0 aromatic rings. The summed E-state index contributed by atoms with van der Waals surface area (Å²) in [6.45, 7) is 4.95. The van der Waals surface area contributed by atoms with Crippen LogP contribution in [0.5, 0.6) is 0 Å². The van der Waals surface area contributed by atoms with Crippen molar-refractivity contribution in [1.29, 1.82) is 0 Å². The molecule has 0 aliphatic heterocycles. The molecule has 0 spiro atoms. The van der Waals surface area contributed by atoms with Crippen LogP contribution in [-0.4, -0.2) is 6.72 Å². The highest BCUT2D eigenvalue weighted by molar-refractivity contribution is 5.25. The summed E-state index contributed by atoms with van der Waals surface area (Å²) in [5, 5.41) is 0. The highest BCUT2D eigenvalue weighted by atomic mass is 14.7. The van der Waals surface area contributed by atoms with Crippen molar-refractivity contribution >= 4 is 6.72 Å². The largest absolute Gasteiger partial charge is 0.401 e. The number of allylic oxidation sites excluding steroid dienone is 1. The Morgan fingerprint density at radius 2 is 2.50 bits per heavy atom. The van der Waals surface area contributed by atoms with E-state index in [9.17, 15) is 0 Å². The molecule has 0 saturated carbocycles. The zero-order valence-corrected chi connectivity index (χ0v) is 3.81. The molecule has 0 aliphatic carbocycles. The maximum atomic E-state index is 5.13. The lowest BCUT2D eigenvalue weighted by atomic mass is 10.6. The fourth-order valence-electron chi connectivity index (χ4n) is 0.144. The average molecular weight is 84.1 g/mol. The third-order valence-corrected chi connectivity index (χ3v) is 0.295. The number of nitrogens with zero attached hydrogens (tertiary/aromatic N) is 1. The van der Waals surface area contributed by atoms with Crippen LogP contribution in [0.3, 0.4) is 0 Å². The van der Waals surface area contributed by atoms with Gasteiger partial charge in [0, 0.05) is 11.9 Å². The Morgan fingerprint density at radius 1 is 2.00 bits per heavy atom. The Morgan fingerprint density at radius 3 is 2.50 bits per heavy atom. The molecule has 0 rings (SSSR count). The summed E-state index contributed by atoms with van der Waals surface area (Å²) in [5.41, 5.74) is 5.82. The molecular weight excluding hydrogens is 76.1 g/mol. The Kier molecular flexibility index (Phi) is 2.13. The smallest absolute Gasteiger partial charge is 0.0445 e. The van der Waals surface area contributed by atoms with Gasteiger partial charge >= 0.3 is 0 Å². The van der Waals surface area contributed by atoms with Crippen LogP contribution in [0.15, 0.2) is 16.9 Å². The van der Waals surface area contributed by atoms with Gasteiger partial charge in [0.25, 0.3) is 0 Å². The molecule has 6 heavy (non-hydrogen) atoms. The zero-order chi connectivity index (χ0) is 4.99. The minimum atomic E-state index is 0.685. The lowest BCUT2D eigenvalue weighted by molar-refractivity contribution is 1.28. The average Bonchev–Trinajstić information content (AvgIpc) is 1.35. The highest BCUT2D eigenvalue weighted by Crippen LogP contribution is 1.75. The standard InChI is InChI=1S/C4H8N2/c1-4(5)3-6-2/h3H,2,5H2,1H3/b4-3+. The van der Waals surface area contributed by atoms with Gasteiger partial charge in [-0.05, 0) is 13.6 Å². The van der Waals surface area contributed by atoms with Crippen molar-refractivity contribution in [2.75, 3.05) is 0 Å². The van der Waals surface area contributed by atoms with Gasteiger partial charge in [0.1, 0.15) is 0 Å². The number of nitrogens with two attached hydrogens (primary N) is 1. The predicted molar refractivity (Wildman–Crippen MR) is 27.5 cm³/mol. The van der Waals surface area contributed by atoms with Gasteiger partial charge in [-0.3, -0.25) is 4.99 Å². The van der Waals surface area contributed by atoms with Crippen LogP contribution in [0.4, 0.5) is 0 Å². The SMILES string of the molecule is C=N/C=C(\C)N. The van der Waals surface area contributed by atoms with Gasteiger partial charge in [-0.15, -0.1) is 0 Å². The molecule has 0 saturated heterocycles. The summed E-state index contributed by atoms with van der Waals surface area (Å²) in [5.74, 6) is 0. The zero-order valence-electron chi connectivity index (χ0n) is 3.81. The number of hydrogen-bond donors (Lipinski definition) is 1. The van der Waals surface area contributed by atoms with Crippen LogP contribution < -0.4 is 5.73 Å². The molecular formula is C4H8N2. The third kappa shape index (κ3) is 3.21. The molecule has 34 valence electrons. The van der Waals surface area contributed by atoms with Crippen molar-refractivity contribution in [3.63, 3.8) is 0 Å². The van der Waals surface area contributed by atoms with E-state index >= 15 is 0 Å². The van der Waals surface area contributed by atoms with Crippen molar-refractivity contribution < 1.29 is 0 Å². The Hall–Kier alpha value is -0.790. The highest BCUT2D eigenvalue weighted by Gasteiger charge is 1.64. The van der Waals surface area contributed by atoms with E-state index in [1.165, 1.54) is 6.20 Å². The Bertz CT molecular complexity index is 69.6. The van der Waals surface area contributed by atoms with Crippen molar-refractivity contribution in [3.05, 3.63) is 11.9 Å². The summed E-state index contributed by atoms with van der Waals surface area (Å²) in [6.07, 6.45) is 1.50. The first-order valence-electron chi connectivity index (χ1n) is 1.65. The quantitative estimate of drug-likeness (QED) is 0.462. The van der Waals surface area contributed by atoms with Gasteiger partial charge < -0.3 is 5.73 Å². The van der Waals surface area contributed by atoms with Gasteiger partial charge in [0.15, 0.2) is 0 Å². The van der Waals surface area contributed by atoms with Crippen LogP contribution in [0, 0.1) is 0 Å². The van der Waals surface area contributed by atoms with E-state index < -0.39 is 0 Å². The maximum Gasteiger partial charge on any atom is 0.0445 e. The van der Waals surface area contributed by atoms with Gasteiger partial charge in [-0.1, -0.05) is 0 Å². The van der Waals surface area contributed by atoms with E-state index in [2.05, 4.69) is 11.7 Å². The van der Waals surface area contributed by atoms with E-state index in [-0.39, 0.29) is 0 Å². The van der Waals surface area contributed by atoms with Crippen molar-refractivity contribution in [3.8, 4) is 0 Å². The molecule has 0 atom stereocenters. The van der Waals surface area contributed by atoms with Gasteiger partial charge in [-0.25, -0.2) is 0 Å². The van der Waals surface area contributed by atoms with Crippen LogP contribution in [-0.2, 0) is 0 Å². The number of hydrogen-bond acceptors (Lipinski definition) is 2. The molecule has 2 nitrogen and oxygen atoms in total. The first-order chi connectivity index (χ1) is 2.77. The second-order valence-electron chi connectivity index (χ2n) is 1.06. The third-order valence-electron chi connectivity index (χ3n) is 0.295. The summed E-state index contributed by atoms with van der Waals surface area (Å²) in [7, 11) is 0. The van der Waals surface area contributed by atoms with Crippen molar-refractivity contribution in [2.24, 2.45) is 10.7 Å². The molecule has 0 heterocycles. The molecule has 0 radical (unpaired) electrons. The Balaban J connectivity index is 3.41. The van der Waals surface area contributed by atoms with Gasteiger partial charge in [0.05, 0.1) is 0 Å². The van der Waals surface area contributed by atoms with Crippen LogP contribution in [0.25, 0.3) is 0 Å². The van der Waals surface area contributed by atoms with Crippen LogP contribution in [0.2, 0.25) is 0 Å². The van der Waals surface area contributed by atoms with Gasteiger partial charge in [-0.2, -0.15) is 0 Å². The topological polar surface area (TPSA) is 38.4 Å². The monoisotopic (exact) mass is 84.1 g/mol. The summed E-state index contributed by atoms with van der Waals surface area (Å²) in [6, 6.07) is 0. The van der Waals surface area contributed by atoms with E-state index in [0.717, 1.165) is 0 Å². The van der Waals surface area contributed by atoms with Crippen molar-refractivity contribution in [2.45, 2.75) is 6.92 Å². The second-order valence-corrected chi connectivity index (χ2v) is 1.06. The number of rotatable bonds is 1. The molecule has 2 N–H and O–H groups in total. The molecule has 0 aliphatic rings. The fourth-order valence-corrected chi connectivity index (χ4v) is 0.144. The molecule has 0 unspecified atom stereocenters. The molecule has 0 amide bonds. The lowest BCUT2D eigenvalue weighted by Crippen LogP contribution is -1.87. The summed E-state index contributed by atoms with van der Waals surface area (Å²) >= 11 is 0. The minimum Gasteiger partial charge on any atom is -0.401 e. The van der Waals surface area contributed by atoms with E-state index in [0.29, 0.717) is 5.70 Å². The van der Waals surface area contributed by atoms with Crippen molar-refractivity contribution in [1.82, 2.24) is 0 Å². The first-order valence-corrected chi connectivity index (χ1v) is 1.65. The van der Waals surface area contributed by atoms with E-state index in [1.54, 1.807) is 6.92 Å². The summed E-state index contributed by atoms with van der Waals surface area (Å²) in [4.78, 5) is 3.40. The normalized spacial score (nSPS) is 11.2. The predicted octanol–water partition coefficient (Wildman–Crippen LogP) is 0.507. The molecule has 0 fully saturated rings. The molecule has 0 aromatic heterocycles. The van der Waals surface area contributed by atoms with Crippen LogP contribution >= 0.6 is 0 Å². The lowest BCUT2D eigenvalue weighted by Gasteiger charge is -1.77. The molecule has 2 heteroatoms. The Labute approximate surface area is 37.4 Å². The van der Waals surface area contributed by atoms with Crippen LogP contribution in [0.1, 0.15) is 6.92 Å². The maximum absolute atomic E-state index is 5.13. The first kappa shape index (κ1) is 5.21. The second kappa shape index (κ2) is 2.45. The minimum absolute atomic E-state index is 0.685.